The number of aliphatic imine (C=N–C) groups is 1. The summed E-state index contributed by atoms with van der Waals surface area (Å²) >= 11 is 0. The van der Waals surface area contributed by atoms with Crippen LogP contribution in [0.3, 0.4) is 0 Å². The van der Waals surface area contributed by atoms with Gasteiger partial charge in [0.25, 0.3) is 0 Å². The summed E-state index contributed by atoms with van der Waals surface area (Å²) in [7, 11) is 1.70. The molecule has 166 valence electrons. The molecule has 1 saturated heterocycles. The second-order valence-corrected chi connectivity index (χ2v) is 9.11. The van der Waals surface area contributed by atoms with Gasteiger partial charge in [-0.1, -0.05) is 12.1 Å². The Balaban J connectivity index is 1.81. The summed E-state index contributed by atoms with van der Waals surface area (Å²) < 4.78 is 5.32. The molecule has 1 heterocycles. The van der Waals surface area contributed by atoms with E-state index in [1.807, 2.05) is 63.8 Å². The molecule has 0 aromatic heterocycles. The number of rotatable bonds is 6. The summed E-state index contributed by atoms with van der Waals surface area (Å²) in [6.45, 7) is 11.2. The maximum Gasteiger partial charge on any atom is 0.408 e. The fourth-order valence-electron chi connectivity index (χ4n) is 3.05. The van der Waals surface area contributed by atoms with Gasteiger partial charge in [0.05, 0.1) is 5.54 Å². The van der Waals surface area contributed by atoms with E-state index in [4.69, 9.17) is 4.74 Å². The standard InChI is InChI=1S/C22H35N5O3/c1-21(2,3)30-20(29)26-22(4,5)15-25-19(23-6)24-14-16-9-11-17(12-10-16)27-13-7-8-18(27)28/h9-12H,7-8,13-15H2,1-6H3,(H,26,29)(H2,23,24,25). The largest absolute Gasteiger partial charge is 0.444 e. The molecule has 0 bridgehead atoms. The smallest absolute Gasteiger partial charge is 0.408 e. The van der Waals surface area contributed by atoms with Crippen LogP contribution in [-0.4, -0.2) is 49.2 Å². The number of anilines is 1. The monoisotopic (exact) mass is 417 g/mol. The van der Waals surface area contributed by atoms with Gasteiger partial charge in [-0.25, -0.2) is 4.79 Å². The van der Waals surface area contributed by atoms with E-state index in [1.165, 1.54) is 0 Å². The molecule has 2 rings (SSSR count). The maximum absolute atomic E-state index is 12.0. The first-order valence-corrected chi connectivity index (χ1v) is 10.3. The third kappa shape index (κ3) is 7.57. The van der Waals surface area contributed by atoms with Crippen LogP contribution in [0.15, 0.2) is 29.3 Å². The first-order chi connectivity index (χ1) is 14.0. The van der Waals surface area contributed by atoms with Crippen LogP contribution in [-0.2, 0) is 16.1 Å². The van der Waals surface area contributed by atoms with E-state index in [0.29, 0.717) is 25.5 Å². The Labute approximate surface area is 179 Å². The van der Waals surface area contributed by atoms with Crippen LogP contribution < -0.4 is 20.9 Å². The Bertz CT molecular complexity index is 766. The minimum Gasteiger partial charge on any atom is -0.444 e. The van der Waals surface area contributed by atoms with Crippen LogP contribution in [0.5, 0.6) is 0 Å². The number of amides is 2. The van der Waals surface area contributed by atoms with Crippen molar-refractivity contribution in [2.24, 2.45) is 4.99 Å². The zero-order chi connectivity index (χ0) is 22.4. The van der Waals surface area contributed by atoms with Crippen LogP contribution in [0.4, 0.5) is 10.5 Å². The second kappa shape index (κ2) is 9.82. The first kappa shape index (κ1) is 23.5. The lowest BCUT2D eigenvalue weighted by Gasteiger charge is -2.29. The van der Waals surface area contributed by atoms with E-state index in [2.05, 4.69) is 20.9 Å². The average Bonchev–Trinajstić information content (AvgIpc) is 3.06. The molecule has 1 fully saturated rings. The van der Waals surface area contributed by atoms with Crippen molar-refractivity contribution >= 4 is 23.6 Å². The van der Waals surface area contributed by atoms with Crippen molar-refractivity contribution in [3.05, 3.63) is 29.8 Å². The Hall–Kier alpha value is -2.77. The lowest BCUT2D eigenvalue weighted by Crippen LogP contribution is -2.54. The fourth-order valence-corrected chi connectivity index (χ4v) is 3.05. The van der Waals surface area contributed by atoms with Gasteiger partial charge in [0.15, 0.2) is 5.96 Å². The summed E-state index contributed by atoms with van der Waals surface area (Å²) in [5.74, 6) is 0.820. The van der Waals surface area contributed by atoms with Crippen LogP contribution >= 0.6 is 0 Å². The Morgan fingerprint density at radius 3 is 2.33 bits per heavy atom. The highest BCUT2D eigenvalue weighted by atomic mass is 16.6. The predicted molar refractivity (Wildman–Crippen MR) is 120 cm³/mol. The number of ether oxygens (including phenoxy) is 1. The van der Waals surface area contributed by atoms with Crippen molar-refractivity contribution in [1.82, 2.24) is 16.0 Å². The number of carbonyl (C=O) groups excluding carboxylic acids is 2. The lowest BCUT2D eigenvalue weighted by atomic mass is 10.1. The molecule has 1 aromatic rings. The number of benzene rings is 1. The van der Waals surface area contributed by atoms with Crippen molar-refractivity contribution < 1.29 is 14.3 Å². The number of hydrogen-bond donors (Lipinski definition) is 3. The zero-order valence-electron chi connectivity index (χ0n) is 19.0. The molecular weight excluding hydrogens is 382 g/mol. The van der Waals surface area contributed by atoms with E-state index in [-0.39, 0.29) is 5.91 Å². The maximum atomic E-state index is 12.0. The van der Waals surface area contributed by atoms with Crippen molar-refractivity contribution in [2.45, 2.75) is 65.1 Å². The van der Waals surface area contributed by atoms with Gasteiger partial charge in [-0.3, -0.25) is 9.79 Å². The highest BCUT2D eigenvalue weighted by Crippen LogP contribution is 2.21. The van der Waals surface area contributed by atoms with Gasteiger partial charge in [-0.2, -0.15) is 0 Å². The summed E-state index contributed by atoms with van der Waals surface area (Å²) in [5, 5.41) is 9.35. The van der Waals surface area contributed by atoms with Crippen molar-refractivity contribution in [1.29, 1.82) is 0 Å². The Morgan fingerprint density at radius 2 is 1.80 bits per heavy atom. The molecule has 3 N–H and O–H groups in total. The summed E-state index contributed by atoms with van der Waals surface area (Å²) in [4.78, 5) is 29.9. The van der Waals surface area contributed by atoms with Gasteiger partial charge < -0.3 is 25.6 Å². The molecule has 2 amide bonds. The van der Waals surface area contributed by atoms with E-state index < -0.39 is 17.2 Å². The molecule has 0 unspecified atom stereocenters. The van der Waals surface area contributed by atoms with Crippen LogP contribution in [0.1, 0.15) is 53.0 Å². The summed E-state index contributed by atoms with van der Waals surface area (Å²) in [6.07, 6.45) is 1.10. The second-order valence-electron chi connectivity index (χ2n) is 9.11. The molecule has 8 nitrogen and oxygen atoms in total. The highest BCUT2D eigenvalue weighted by Gasteiger charge is 2.25. The molecule has 0 spiro atoms. The summed E-state index contributed by atoms with van der Waals surface area (Å²) in [6, 6.07) is 7.97. The number of hydrogen-bond acceptors (Lipinski definition) is 4. The van der Waals surface area contributed by atoms with E-state index in [0.717, 1.165) is 24.2 Å². The molecule has 0 saturated carbocycles. The van der Waals surface area contributed by atoms with Gasteiger partial charge in [0.2, 0.25) is 5.91 Å². The van der Waals surface area contributed by atoms with E-state index >= 15 is 0 Å². The van der Waals surface area contributed by atoms with Gasteiger partial charge in [0.1, 0.15) is 5.60 Å². The van der Waals surface area contributed by atoms with Gasteiger partial charge in [-0.05, 0) is 58.7 Å². The summed E-state index contributed by atoms with van der Waals surface area (Å²) in [5.41, 5.74) is 0.963. The van der Waals surface area contributed by atoms with Crippen molar-refractivity contribution in [3.8, 4) is 0 Å². The van der Waals surface area contributed by atoms with Crippen molar-refractivity contribution in [2.75, 3.05) is 25.0 Å². The number of alkyl carbamates (subject to hydrolysis) is 1. The Morgan fingerprint density at radius 1 is 1.13 bits per heavy atom. The third-order valence-electron chi connectivity index (χ3n) is 4.54. The minimum atomic E-state index is -0.539. The molecule has 1 aromatic carbocycles. The molecule has 0 atom stereocenters. The molecule has 30 heavy (non-hydrogen) atoms. The number of nitrogens with zero attached hydrogens (tertiary/aromatic N) is 2. The van der Waals surface area contributed by atoms with E-state index in [1.54, 1.807) is 7.05 Å². The Kier molecular flexibility index (Phi) is 7.70. The van der Waals surface area contributed by atoms with Crippen LogP contribution in [0.25, 0.3) is 0 Å². The minimum absolute atomic E-state index is 0.188. The number of carbonyl (C=O) groups is 2. The highest BCUT2D eigenvalue weighted by molar-refractivity contribution is 5.95. The fraction of sp³-hybridized carbons (Fsp3) is 0.591. The first-order valence-electron chi connectivity index (χ1n) is 10.3. The zero-order valence-corrected chi connectivity index (χ0v) is 19.0. The van der Waals surface area contributed by atoms with Crippen LogP contribution in [0, 0.1) is 0 Å². The van der Waals surface area contributed by atoms with Gasteiger partial charge >= 0.3 is 6.09 Å². The van der Waals surface area contributed by atoms with Gasteiger partial charge in [-0.15, -0.1) is 0 Å². The third-order valence-corrected chi connectivity index (χ3v) is 4.54. The topological polar surface area (TPSA) is 95.1 Å². The molecule has 1 aliphatic heterocycles. The predicted octanol–water partition coefficient (Wildman–Crippen LogP) is 2.78. The molecular formula is C22H35N5O3. The van der Waals surface area contributed by atoms with Crippen LogP contribution in [0.2, 0.25) is 0 Å². The molecule has 0 aliphatic carbocycles. The molecule has 8 heteroatoms. The molecule has 1 aliphatic rings. The SMILES string of the molecule is CN=C(NCc1ccc(N2CCCC2=O)cc1)NCC(C)(C)NC(=O)OC(C)(C)C. The van der Waals surface area contributed by atoms with E-state index in [9.17, 15) is 9.59 Å². The normalized spacial score (nSPS) is 15.2. The molecule has 0 radical (unpaired) electrons. The lowest BCUT2D eigenvalue weighted by molar-refractivity contribution is -0.117. The number of nitrogens with one attached hydrogen (secondary N) is 3. The number of guanidine groups is 1. The quantitative estimate of drug-likeness (QED) is 0.489. The van der Waals surface area contributed by atoms with Crippen molar-refractivity contribution in [3.63, 3.8) is 0 Å². The average molecular weight is 418 g/mol. The van der Waals surface area contributed by atoms with Gasteiger partial charge in [0, 0.05) is 38.8 Å².